The van der Waals surface area contributed by atoms with E-state index < -0.39 is 0 Å². The van der Waals surface area contributed by atoms with Crippen molar-refractivity contribution in [2.75, 3.05) is 0 Å². The van der Waals surface area contributed by atoms with Gasteiger partial charge in [-0.05, 0) is 34.7 Å². The van der Waals surface area contributed by atoms with Gasteiger partial charge in [0.1, 0.15) is 5.82 Å². The zero-order chi connectivity index (χ0) is 8.72. The summed E-state index contributed by atoms with van der Waals surface area (Å²) >= 11 is 9.13. The van der Waals surface area contributed by atoms with E-state index in [1.807, 2.05) is 0 Å². The van der Waals surface area contributed by atoms with Crippen LogP contribution in [0.25, 0.3) is 10.2 Å². The van der Waals surface area contributed by atoms with Gasteiger partial charge >= 0.3 is 0 Å². The Kier molecular flexibility index (Phi) is 2.22. The van der Waals surface area contributed by atoms with Gasteiger partial charge in [-0.3, -0.25) is 0 Å². The molecular weight excluding hydrogens is 312 g/mol. The van der Waals surface area contributed by atoms with E-state index in [0.717, 1.165) is 13.2 Å². The van der Waals surface area contributed by atoms with Crippen molar-refractivity contribution in [1.82, 2.24) is 4.98 Å². The minimum absolute atomic E-state index is 0.129. The monoisotopic (exact) mass is 313 g/mol. The fraction of sp³-hybridized carbons (Fsp3) is 0. The summed E-state index contributed by atoms with van der Waals surface area (Å²) in [5.74, 6) is -0.385. The molecule has 0 aliphatic carbocycles. The molecule has 5 heteroatoms. The Labute approximate surface area is 90.7 Å². The molecule has 2 aromatic rings. The molecule has 1 heterocycles. The van der Waals surface area contributed by atoms with E-state index in [0.29, 0.717) is 0 Å². The molecule has 1 aromatic carbocycles. The van der Waals surface area contributed by atoms with E-state index >= 15 is 0 Å². The number of nitrogens with zero attached hydrogens (tertiary/aromatic N) is 1. The molecule has 0 bridgehead atoms. The molecular formula is C7H2ClFINS. The van der Waals surface area contributed by atoms with Crippen LogP contribution in [0.5, 0.6) is 0 Å². The third kappa shape index (κ3) is 1.43. The van der Waals surface area contributed by atoms with Crippen LogP contribution >= 0.6 is 45.5 Å². The molecule has 0 aliphatic heterocycles. The van der Waals surface area contributed by atoms with Crippen LogP contribution < -0.4 is 0 Å². The maximum absolute atomic E-state index is 12.9. The minimum atomic E-state index is -0.385. The van der Waals surface area contributed by atoms with Gasteiger partial charge in [-0.15, -0.1) is 11.3 Å². The molecule has 0 atom stereocenters. The molecule has 0 amide bonds. The first kappa shape index (κ1) is 8.65. The van der Waals surface area contributed by atoms with Crippen molar-refractivity contribution < 1.29 is 4.39 Å². The summed E-state index contributed by atoms with van der Waals surface area (Å²) in [7, 11) is 0. The lowest BCUT2D eigenvalue weighted by molar-refractivity contribution is 0.630. The van der Waals surface area contributed by atoms with Crippen LogP contribution in [0.1, 0.15) is 0 Å². The second-order valence-electron chi connectivity index (χ2n) is 2.20. The van der Waals surface area contributed by atoms with Crippen molar-refractivity contribution in [2.24, 2.45) is 0 Å². The summed E-state index contributed by atoms with van der Waals surface area (Å²) in [6.07, 6.45) is 0. The van der Waals surface area contributed by atoms with Crippen molar-refractivity contribution >= 4 is 55.7 Å². The fourth-order valence-corrected chi connectivity index (χ4v) is 2.72. The summed E-state index contributed by atoms with van der Waals surface area (Å²) in [6, 6.07) is 2.96. The van der Waals surface area contributed by atoms with E-state index in [4.69, 9.17) is 11.6 Å². The number of benzene rings is 1. The van der Waals surface area contributed by atoms with E-state index in [1.165, 1.54) is 17.4 Å². The number of hydrogen-bond donors (Lipinski definition) is 0. The number of thiazole rings is 1. The molecule has 1 nitrogen and oxygen atoms in total. The van der Waals surface area contributed by atoms with Gasteiger partial charge in [-0.1, -0.05) is 11.6 Å². The van der Waals surface area contributed by atoms with E-state index in [9.17, 15) is 4.39 Å². The molecule has 0 aliphatic rings. The van der Waals surface area contributed by atoms with Gasteiger partial charge in [0.2, 0.25) is 0 Å². The topological polar surface area (TPSA) is 12.9 Å². The highest BCUT2D eigenvalue weighted by molar-refractivity contribution is 14.1. The van der Waals surface area contributed by atoms with Crippen LogP contribution in [0.2, 0.25) is 5.02 Å². The number of rotatable bonds is 0. The zero-order valence-electron chi connectivity index (χ0n) is 5.64. The summed E-state index contributed by atoms with van der Waals surface area (Å²) in [5, 5.41) is 0.129. The van der Waals surface area contributed by atoms with E-state index in [2.05, 4.69) is 27.6 Å². The van der Waals surface area contributed by atoms with Gasteiger partial charge < -0.3 is 0 Å². The standard InChI is InChI=1S/C7H2ClFINS/c8-3-1-5-6(2-4(3)9)12-7(10)11-5/h1-2H. The number of hydrogen-bond acceptors (Lipinski definition) is 2. The van der Waals surface area contributed by atoms with Gasteiger partial charge in [0.05, 0.1) is 15.2 Å². The molecule has 0 spiro atoms. The second-order valence-corrected chi connectivity index (χ2v) is 5.39. The highest BCUT2D eigenvalue weighted by Gasteiger charge is 2.06. The van der Waals surface area contributed by atoms with Gasteiger partial charge in [-0.25, -0.2) is 9.37 Å². The van der Waals surface area contributed by atoms with Gasteiger partial charge in [0, 0.05) is 0 Å². The lowest BCUT2D eigenvalue weighted by atomic mass is 10.3. The number of halogens is 3. The maximum atomic E-state index is 12.9. The lowest BCUT2D eigenvalue weighted by Gasteiger charge is -1.91. The second kappa shape index (κ2) is 3.08. The average Bonchev–Trinajstić information content (AvgIpc) is 2.30. The Hall–Kier alpha value is 0.0600. The molecule has 0 saturated heterocycles. The minimum Gasteiger partial charge on any atom is -0.230 e. The molecule has 0 unspecified atom stereocenters. The van der Waals surface area contributed by atoms with Crippen LogP contribution in [0.15, 0.2) is 12.1 Å². The van der Waals surface area contributed by atoms with Crippen LogP contribution in [-0.4, -0.2) is 4.98 Å². The Morgan fingerprint density at radius 3 is 3.00 bits per heavy atom. The molecule has 2 rings (SSSR count). The predicted molar refractivity (Wildman–Crippen MR) is 57.3 cm³/mol. The summed E-state index contributed by atoms with van der Waals surface area (Å²) < 4.78 is 14.6. The van der Waals surface area contributed by atoms with Crippen LogP contribution in [0.3, 0.4) is 0 Å². The normalized spacial score (nSPS) is 10.9. The first-order valence-electron chi connectivity index (χ1n) is 3.08. The zero-order valence-corrected chi connectivity index (χ0v) is 9.37. The van der Waals surface area contributed by atoms with Crippen LogP contribution in [-0.2, 0) is 0 Å². The van der Waals surface area contributed by atoms with E-state index in [-0.39, 0.29) is 10.8 Å². The Bertz CT molecular complexity index is 403. The van der Waals surface area contributed by atoms with Crippen molar-refractivity contribution in [3.63, 3.8) is 0 Å². The third-order valence-corrected chi connectivity index (χ3v) is 3.40. The molecule has 12 heavy (non-hydrogen) atoms. The van der Waals surface area contributed by atoms with Gasteiger partial charge in [0.25, 0.3) is 0 Å². The van der Waals surface area contributed by atoms with Crippen molar-refractivity contribution in [3.05, 3.63) is 26.0 Å². The SMILES string of the molecule is Fc1cc2sc(I)nc2cc1Cl. The van der Waals surface area contributed by atoms with Gasteiger partial charge in [0.15, 0.2) is 3.01 Å². The predicted octanol–water partition coefficient (Wildman–Crippen LogP) is 3.69. The third-order valence-electron chi connectivity index (χ3n) is 1.40. The number of fused-ring (bicyclic) bond motifs is 1. The van der Waals surface area contributed by atoms with Crippen LogP contribution in [0.4, 0.5) is 4.39 Å². The highest BCUT2D eigenvalue weighted by Crippen LogP contribution is 2.27. The Balaban J connectivity index is 2.83. The molecule has 0 saturated carbocycles. The van der Waals surface area contributed by atoms with Gasteiger partial charge in [-0.2, -0.15) is 0 Å². The van der Waals surface area contributed by atoms with Crippen LogP contribution in [0, 0.1) is 8.83 Å². The molecule has 0 fully saturated rings. The Morgan fingerprint density at radius 1 is 1.50 bits per heavy atom. The highest BCUT2D eigenvalue weighted by atomic mass is 127. The first-order chi connectivity index (χ1) is 5.66. The summed E-state index contributed by atoms with van der Waals surface area (Å²) in [4.78, 5) is 4.17. The largest absolute Gasteiger partial charge is 0.230 e. The lowest BCUT2D eigenvalue weighted by Crippen LogP contribution is -1.75. The molecule has 0 radical (unpaired) electrons. The summed E-state index contributed by atoms with van der Waals surface area (Å²) in [5.41, 5.74) is 0.760. The quantitative estimate of drug-likeness (QED) is 0.676. The van der Waals surface area contributed by atoms with E-state index in [1.54, 1.807) is 6.07 Å². The van der Waals surface area contributed by atoms with Crippen molar-refractivity contribution in [3.8, 4) is 0 Å². The summed E-state index contributed by atoms with van der Waals surface area (Å²) in [6.45, 7) is 0. The van der Waals surface area contributed by atoms with Crippen molar-refractivity contribution in [1.29, 1.82) is 0 Å². The molecule has 0 N–H and O–H groups in total. The Morgan fingerprint density at radius 2 is 2.25 bits per heavy atom. The average molecular weight is 314 g/mol. The first-order valence-corrected chi connectivity index (χ1v) is 5.35. The van der Waals surface area contributed by atoms with Crippen molar-refractivity contribution in [2.45, 2.75) is 0 Å². The fourth-order valence-electron chi connectivity index (χ4n) is 0.895. The number of aromatic nitrogens is 1. The maximum Gasteiger partial charge on any atom is 0.155 e. The molecule has 1 aromatic heterocycles. The molecule has 62 valence electrons. The smallest absolute Gasteiger partial charge is 0.155 e.